The molecule has 1 aromatic rings. The minimum absolute atomic E-state index is 0.385. The van der Waals surface area contributed by atoms with Gasteiger partial charge in [-0.15, -0.1) is 0 Å². The maximum atomic E-state index is 5.75. The zero-order chi connectivity index (χ0) is 14.6. The van der Waals surface area contributed by atoms with Crippen molar-refractivity contribution in [2.75, 3.05) is 40.6 Å². The number of benzene rings is 1. The normalized spacial score (nSPS) is 12.3. The summed E-state index contributed by atoms with van der Waals surface area (Å²) in [6.07, 6.45) is 1.95. The van der Waals surface area contributed by atoms with Crippen molar-refractivity contribution in [2.24, 2.45) is 0 Å². The molecule has 20 heavy (non-hydrogen) atoms. The van der Waals surface area contributed by atoms with Crippen molar-refractivity contribution < 1.29 is 14.2 Å². The molecular formula is C16H27NO3. The third-order valence-electron chi connectivity index (χ3n) is 3.15. The SMILES string of the molecule is CCC(NC)c1cccc(OCCCOCCOC)c1. The van der Waals surface area contributed by atoms with Crippen LogP contribution in [0.4, 0.5) is 0 Å². The van der Waals surface area contributed by atoms with Gasteiger partial charge in [0.15, 0.2) is 0 Å². The molecule has 114 valence electrons. The average molecular weight is 281 g/mol. The van der Waals surface area contributed by atoms with Gasteiger partial charge in [-0.2, -0.15) is 0 Å². The molecule has 0 heterocycles. The largest absolute Gasteiger partial charge is 0.493 e. The van der Waals surface area contributed by atoms with E-state index in [-0.39, 0.29) is 0 Å². The summed E-state index contributed by atoms with van der Waals surface area (Å²) in [5, 5.41) is 3.30. The lowest BCUT2D eigenvalue weighted by Crippen LogP contribution is -2.15. The van der Waals surface area contributed by atoms with Crippen LogP contribution >= 0.6 is 0 Å². The first kappa shape index (κ1) is 17.0. The van der Waals surface area contributed by atoms with Crippen LogP contribution in [-0.4, -0.2) is 40.6 Å². The van der Waals surface area contributed by atoms with E-state index in [0.29, 0.717) is 32.5 Å². The van der Waals surface area contributed by atoms with Crippen LogP contribution < -0.4 is 10.1 Å². The molecule has 0 saturated carbocycles. The molecule has 0 saturated heterocycles. The Morgan fingerprint density at radius 1 is 1.15 bits per heavy atom. The topological polar surface area (TPSA) is 39.7 Å². The van der Waals surface area contributed by atoms with Crippen LogP contribution in [0.3, 0.4) is 0 Å². The summed E-state index contributed by atoms with van der Waals surface area (Å²) in [5.41, 5.74) is 1.27. The lowest BCUT2D eigenvalue weighted by atomic mass is 10.0. The fourth-order valence-corrected chi connectivity index (χ4v) is 2.02. The molecule has 0 bridgehead atoms. The zero-order valence-corrected chi connectivity index (χ0v) is 12.9. The van der Waals surface area contributed by atoms with Gasteiger partial charge in [0.1, 0.15) is 5.75 Å². The van der Waals surface area contributed by atoms with Crippen LogP contribution in [-0.2, 0) is 9.47 Å². The third-order valence-corrected chi connectivity index (χ3v) is 3.15. The molecule has 0 radical (unpaired) electrons. The van der Waals surface area contributed by atoms with E-state index in [1.54, 1.807) is 7.11 Å². The lowest BCUT2D eigenvalue weighted by Gasteiger charge is -2.15. The molecule has 0 fully saturated rings. The Bertz CT molecular complexity index is 353. The number of ether oxygens (including phenoxy) is 3. The summed E-state index contributed by atoms with van der Waals surface area (Å²) in [6.45, 7) is 4.84. The quantitative estimate of drug-likeness (QED) is 0.633. The van der Waals surface area contributed by atoms with Crippen LogP contribution in [0.2, 0.25) is 0 Å². The Labute approximate surface area is 122 Å². The zero-order valence-electron chi connectivity index (χ0n) is 12.9. The summed E-state index contributed by atoms with van der Waals surface area (Å²) >= 11 is 0. The van der Waals surface area contributed by atoms with Crippen LogP contribution in [0.1, 0.15) is 31.4 Å². The molecule has 1 unspecified atom stereocenters. The van der Waals surface area contributed by atoms with Crippen LogP contribution in [0.15, 0.2) is 24.3 Å². The van der Waals surface area contributed by atoms with Crippen molar-refractivity contribution in [3.8, 4) is 5.75 Å². The Morgan fingerprint density at radius 3 is 2.70 bits per heavy atom. The second-order valence-electron chi connectivity index (χ2n) is 4.63. The first-order chi connectivity index (χ1) is 9.81. The number of nitrogens with one attached hydrogen (secondary N) is 1. The van der Waals surface area contributed by atoms with Gasteiger partial charge in [-0.25, -0.2) is 0 Å². The third kappa shape index (κ3) is 6.37. The molecule has 0 aliphatic heterocycles. The number of hydrogen-bond acceptors (Lipinski definition) is 4. The van der Waals surface area contributed by atoms with E-state index in [4.69, 9.17) is 14.2 Å². The highest BCUT2D eigenvalue weighted by atomic mass is 16.5. The summed E-state index contributed by atoms with van der Waals surface area (Å²) in [7, 11) is 3.66. The molecule has 0 aliphatic carbocycles. The van der Waals surface area contributed by atoms with Crippen LogP contribution in [0.5, 0.6) is 5.75 Å². The Morgan fingerprint density at radius 2 is 2.00 bits per heavy atom. The van der Waals surface area contributed by atoms with E-state index in [0.717, 1.165) is 18.6 Å². The Kier molecular flexibility index (Phi) is 9.04. The Balaban J connectivity index is 2.28. The van der Waals surface area contributed by atoms with Gasteiger partial charge in [0.2, 0.25) is 0 Å². The molecule has 1 atom stereocenters. The monoisotopic (exact) mass is 281 g/mol. The fourth-order valence-electron chi connectivity index (χ4n) is 2.02. The van der Waals surface area contributed by atoms with Crippen molar-refractivity contribution in [1.29, 1.82) is 0 Å². The van der Waals surface area contributed by atoms with Gasteiger partial charge in [-0.3, -0.25) is 0 Å². The van der Waals surface area contributed by atoms with Crippen molar-refractivity contribution in [1.82, 2.24) is 5.32 Å². The first-order valence-electron chi connectivity index (χ1n) is 7.28. The molecule has 1 aromatic carbocycles. The van der Waals surface area contributed by atoms with Crippen molar-refractivity contribution in [3.63, 3.8) is 0 Å². The van der Waals surface area contributed by atoms with Crippen LogP contribution in [0.25, 0.3) is 0 Å². The van der Waals surface area contributed by atoms with E-state index in [1.165, 1.54) is 5.56 Å². The fraction of sp³-hybridized carbons (Fsp3) is 0.625. The molecule has 0 amide bonds. The first-order valence-corrected chi connectivity index (χ1v) is 7.28. The van der Waals surface area contributed by atoms with Crippen LogP contribution in [0, 0.1) is 0 Å². The maximum Gasteiger partial charge on any atom is 0.119 e. The van der Waals surface area contributed by atoms with Gasteiger partial charge in [0, 0.05) is 26.2 Å². The van der Waals surface area contributed by atoms with Crippen molar-refractivity contribution >= 4 is 0 Å². The van der Waals surface area contributed by atoms with Gasteiger partial charge in [0.05, 0.1) is 19.8 Å². The van der Waals surface area contributed by atoms with E-state index in [9.17, 15) is 0 Å². The predicted octanol–water partition coefficient (Wildman–Crippen LogP) is 2.79. The molecule has 4 heteroatoms. The number of hydrogen-bond donors (Lipinski definition) is 1. The summed E-state index contributed by atoms with van der Waals surface area (Å²) in [5.74, 6) is 0.924. The molecule has 4 nitrogen and oxygen atoms in total. The minimum atomic E-state index is 0.385. The summed E-state index contributed by atoms with van der Waals surface area (Å²) in [4.78, 5) is 0. The molecular weight excluding hydrogens is 254 g/mol. The smallest absolute Gasteiger partial charge is 0.119 e. The van der Waals surface area contributed by atoms with E-state index >= 15 is 0 Å². The van der Waals surface area contributed by atoms with Gasteiger partial charge in [-0.05, 0) is 31.2 Å². The average Bonchev–Trinajstić information content (AvgIpc) is 2.48. The second kappa shape index (κ2) is 10.7. The highest BCUT2D eigenvalue weighted by Crippen LogP contribution is 2.21. The van der Waals surface area contributed by atoms with Crippen molar-refractivity contribution in [2.45, 2.75) is 25.8 Å². The minimum Gasteiger partial charge on any atom is -0.493 e. The van der Waals surface area contributed by atoms with Crippen molar-refractivity contribution in [3.05, 3.63) is 29.8 Å². The van der Waals surface area contributed by atoms with Gasteiger partial charge in [-0.1, -0.05) is 19.1 Å². The highest BCUT2D eigenvalue weighted by molar-refractivity contribution is 5.30. The van der Waals surface area contributed by atoms with Gasteiger partial charge >= 0.3 is 0 Å². The van der Waals surface area contributed by atoms with Gasteiger partial charge in [0.25, 0.3) is 0 Å². The molecule has 0 aromatic heterocycles. The maximum absolute atomic E-state index is 5.75. The van der Waals surface area contributed by atoms with E-state index in [2.05, 4.69) is 24.4 Å². The lowest BCUT2D eigenvalue weighted by molar-refractivity contribution is 0.0644. The van der Waals surface area contributed by atoms with Gasteiger partial charge < -0.3 is 19.5 Å². The highest BCUT2D eigenvalue weighted by Gasteiger charge is 2.06. The Hall–Kier alpha value is -1.10. The molecule has 0 spiro atoms. The predicted molar refractivity (Wildman–Crippen MR) is 81.3 cm³/mol. The van der Waals surface area contributed by atoms with E-state index < -0.39 is 0 Å². The number of methoxy groups -OCH3 is 1. The number of rotatable bonds is 11. The molecule has 1 rings (SSSR count). The molecule has 0 aliphatic rings. The standard InChI is InChI=1S/C16H27NO3/c1-4-16(17-2)14-7-5-8-15(13-14)20-10-6-9-19-12-11-18-3/h5,7-8,13,16-17H,4,6,9-12H2,1-3H3. The molecule has 1 N–H and O–H groups in total. The summed E-state index contributed by atoms with van der Waals surface area (Å²) in [6, 6.07) is 8.66. The second-order valence-corrected chi connectivity index (χ2v) is 4.63. The summed E-state index contributed by atoms with van der Waals surface area (Å²) < 4.78 is 16.1. The van der Waals surface area contributed by atoms with E-state index in [1.807, 2.05) is 19.2 Å².